The van der Waals surface area contributed by atoms with E-state index >= 15 is 0 Å². The van der Waals surface area contributed by atoms with Gasteiger partial charge in [-0.05, 0) is 44.0 Å². The molecule has 0 N–H and O–H groups in total. The monoisotopic (exact) mass is 320 g/mol. The lowest BCUT2D eigenvalue weighted by Gasteiger charge is -2.09. The third-order valence-corrected chi connectivity index (χ3v) is 2.16. The molecule has 0 radical (unpaired) electrons. The Balaban J connectivity index is 3.22. The Bertz CT molecular complexity index is 344. The molecule has 0 aliphatic carbocycles. The van der Waals surface area contributed by atoms with Crippen LogP contribution in [-0.2, 0) is 0 Å². The highest BCUT2D eigenvalue weighted by atomic mass is 79.9. The van der Waals surface area contributed by atoms with E-state index in [0.717, 1.165) is 20.5 Å². The van der Waals surface area contributed by atoms with Crippen molar-refractivity contribution in [1.82, 2.24) is 0 Å². The second-order valence-corrected chi connectivity index (χ2v) is 5.29. The van der Waals surface area contributed by atoms with E-state index in [9.17, 15) is 0 Å². The molecule has 0 aromatic heterocycles. The summed E-state index contributed by atoms with van der Waals surface area (Å²) in [6.07, 6.45) is 1.90. The van der Waals surface area contributed by atoms with Gasteiger partial charge in [0, 0.05) is 5.56 Å². The Morgan fingerprint density at radius 1 is 1.21 bits per heavy atom. The lowest BCUT2D eigenvalue weighted by molar-refractivity contribution is 0.354. The second-order valence-electron chi connectivity index (χ2n) is 2.52. The summed E-state index contributed by atoms with van der Waals surface area (Å²) in [5.41, 5.74) is 0.954. The summed E-state index contributed by atoms with van der Waals surface area (Å²) in [6, 6.07) is 5.72. The molecule has 0 spiro atoms. The number of methoxy groups -OCH3 is 2. The van der Waals surface area contributed by atoms with Crippen LogP contribution in [0.1, 0.15) is 5.56 Å². The largest absolute Gasteiger partial charge is 0.493 e. The van der Waals surface area contributed by atoms with Gasteiger partial charge in [-0.1, -0.05) is 12.1 Å². The average molecular weight is 322 g/mol. The highest BCUT2D eigenvalue weighted by molar-refractivity contribution is 9.28. The van der Waals surface area contributed by atoms with E-state index in [-0.39, 0.29) is 0 Å². The summed E-state index contributed by atoms with van der Waals surface area (Å²) in [5, 5.41) is 0. The van der Waals surface area contributed by atoms with Gasteiger partial charge in [0.2, 0.25) is 0 Å². The van der Waals surface area contributed by atoms with Crippen molar-refractivity contribution in [1.29, 1.82) is 0 Å². The summed E-state index contributed by atoms with van der Waals surface area (Å²) in [7, 11) is 3.24. The zero-order valence-corrected chi connectivity index (χ0v) is 11.1. The Hall–Kier alpha value is -0.480. The minimum atomic E-state index is 0.725. The fraction of sp³-hybridized carbons (Fsp3) is 0.200. The molecule has 1 rings (SSSR count). The first-order valence-electron chi connectivity index (χ1n) is 3.92. The van der Waals surface area contributed by atoms with E-state index in [1.165, 1.54) is 0 Å². The number of rotatable bonds is 3. The molecule has 0 saturated heterocycles. The van der Waals surface area contributed by atoms with Crippen molar-refractivity contribution in [3.63, 3.8) is 0 Å². The van der Waals surface area contributed by atoms with Crippen molar-refractivity contribution >= 4 is 37.9 Å². The van der Waals surface area contributed by atoms with Crippen LogP contribution in [0.5, 0.6) is 11.5 Å². The first kappa shape index (κ1) is 11.6. The topological polar surface area (TPSA) is 18.5 Å². The molecule has 0 amide bonds. The van der Waals surface area contributed by atoms with Crippen molar-refractivity contribution < 1.29 is 9.47 Å². The van der Waals surface area contributed by atoms with Crippen LogP contribution in [0, 0.1) is 0 Å². The van der Waals surface area contributed by atoms with Gasteiger partial charge >= 0.3 is 0 Å². The average Bonchev–Trinajstić information content (AvgIpc) is 2.16. The molecule has 0 heterocycles. The first-order valence-corrected chi connectivity index (χ1v) is 5.51. The van der Waals surface area contributed by atoms with Gasteiger partial charge in [-0.2, -0.15) is 0 Å². The molecule has 4 heteroatoms. The Kier molecular flexibility index (Phi) is 4.48. The Morgan fingerprint density at radius 3 is 2.43 bits per heavy atom. The highest BCUT2D eigenvalue weighted by Gasteiger charge is 2.06. The van der Waals surface area contributed by atoms with Gasteiger partial charge < -0.3 is 9.47 Å². The van der Waals surface area contributed by atoms with Crippen molar-refractivity contribution in [2.75, 3.05) is 14.2 Å². The second kappa shape index (κ2) is 5.41. The predicted molar refractivity (Wildman–Crippen MR) is 65.4 cm³/mol. The number of hydrogen-bond donors (Lipinski definition) is 0. The molecular weight excluding hydrogens is 312 g/mol. The summed E-state index contributed by atoms with van der Waals surface area (Å²) >= 11 is 6.60. The van der Waals surface area contributed by atoms with Crippen LogP contribution >= 0.6 is 31.9 Å². The SMILES string of the molecule is COc1cccc(C=C(Br)Br)c1OC. The zero-order chi connectivity index (χ0) is 10.6. The van der Waals surface area contributed by atoms with Crippen molar-refractivity contribution in [2.45, 2.75) is 0 Å². The molecule has 76 valence electrons. The van der Waals surface area contributed by atoms with E-state index in [2.05, 4.69) is 31.9 Å². The van der Waals surface area contributed by atoms with E-state index in [1.54, 1.807) is 14.2 Å². The van der Waals surface area contributed by atoms with Gasteiger partial charge in [-0.25, -0.2) is 0 Å². The summed E-state index contributed by atoms with van der Waals surface area (Å²) < 4.78 is 11.3. The van der Waals surface area contributed by atoms with Crippen molar-refractivity contribution in [3.05, 3.63) is 27.2 Å². The van der Waals surface area contributed by atoms with E-state index in [4.69, 9.17) is 9.47 Å². The molecule has 0 unspecified atom stereocenters. The lowest BCUT2D eigenvalue weighted by Crippen LogP contribution is -1.92. The normalized spacial score (nSPS) is 9.43. The molecule has 0 atom stereocenters. The zero-order valence-electron chi connectivity index (χ0n) is 7.88. The number of hydrogen-bond acceptors (Lipinski definition) is 2. The maximum absolute atomic E-state index is 5.26. The summed E-state index contributed by atoms with van der Waals surface area (Å²) in [6.45, 7) is 0. The van der Waals surface area contributed by atoms with Gasteiger partial charge in [0.25, 0.3) is 0 Å². The molecule has 0 saturated carbocycles. The van der Waals surface area contributed by atoms with Gasteiger partial charge in [-0.15, -0.1) is 0 Å². The molecule has 0 aliphatic heterocycles. The number of halogens is 2. The molecule has 0 fully saturated rings. The standard InChI is InChI=1S/C10H10Br2O2/c1-13-8-5-3-4-7(6-9(11)12)10(8)14-2/h3-6H,1-2H3. The van der Waals surface area contributed by atoms with Crippen molar-refractivity contribution in [2.24, 2.45) is 0 Å². The molecule has 0 bridgehead atoms. The molecule has 1 aromatic rings. The number of ether oxygens (including phenoxy) is 2. The van der Waals surface area contributed by atoms with E-state index < -0.39 is 0 Å². The Labute approximate surface area is 100 Å². The fourth-order valence-corrected chi connectivity index (χ4v) is 1.64. The van der Waals surface area contributed by atoms with Gasteiger partial charge in [-0.3, -0.25) is 0 Å². The first-order chi connectivity index (χ1) is 6.69. The summed E-state index contributed by atoms with van der Waals surface area (Å²) in [5.74, 6) is 1.45. The molecular formula is C10H10Br2O2. The van der Waals surface area contributed by atoms with Crippen LogP contribution < -0.4 is 9.47 Å². The van der Waals surface area contributed by atoms with Crippen LogP contribution in [0.25, 0.3) is 6.08 Å². The molecule has 14 heavy (non-hydrogen) atoms. The third kappa shape index (κ3) is 2.75. The van der Waals surface area contributed by atoms with Gasteiger partial charge in [0.1, 0.15) is 0 Å². The smallest absolute Gasteiger partial charge is 0.167 e. The minimum Gasteiger partial charge on any atom is -0.493 e. The maximum Gasteiger partial charge on any atom is 0.167 e. The molecule has 1 aromatic carbocycles. The van der Waals surface area contributed by atoms with Crippen LogP contribution in [0.15, 0.2) is 21.6 Å². The number of para-hydroxylation sites is 1. The maximum atomic E-state index is 5.26. The van der Waals surface area contributed by atoms with Crippen LogP contribution in [0.4, 0.5) is 0 Å². The fourth-order valence-electron chi connectivity index (χ4n) is 1.14. The molecule has 2 nitrogen and oxygen atoms in total. The summed E-state index contributed by atoms with van der Waals surface area (Å²) in [4.78, 5) is 0. The lowest BCUT2D eigenvalue weighted by atomic mass is 10.2. The van der Waals surface area contributed by atoms with Gasteiger partial charge in [0.05, 0.1) is 17.6 Å². The minimum absolute atomic E-state index is 0.725. The van der Waals surface area contributed by atoms with Crippen molar-refractivity contribution in [3.8, 4) is 11.5 Å². The number of benzene rings is 1. The third-order valence-electron chi connectivity index (χ3n) is 1.70. The van der Waals surface area contributed by atoms with Crippen LogP contribution in [0.2, 0.25) is 0 Å². The van der Waals surface area contributed by atoms with Gasteiger partial charge in [0.15, 0.2) is 11.5 Å². The van der Waals surface area contributed by atoms with Crippen LogP contribution in [-0.4, -0.2) is 14.2 Å². The van der Waals surface area contributed by atoms with E-state index in [0.29, 0.717) is 0 Å². The van der Waals surface area contributed by atoms with Crippen LogP contribution in [0.3, 0.4) is 0 Å². The highest BCUT2D eigenvalue weighted by Crippen LogP contribution is 2.33. The quantitative estimate of drug-likeness (QED) is 0.843. The Morgan fingerprint density at radius 2 is 1.93 bits per heavy atom. The molecule has 0 aliphatic rings. The predicted octanol–water partition coefficient (Wildman–Crippen LogP) is 3.79. The van der Waals surface area contributed by atoms with E-state index in [1.807, 2.05) is 24.3 Å².